The van der Waals surface area contributed by atoms with Crippen LogP contribution in [0.2, 0.25) is 0 Å². The average Bonchev–Trinajstić information content (AvgIpc) is 1.16. The predicted molar refractivity (Wildman–Crippen MR) is 313 cm³/mol. The molecular weight excluding hydrogens is 1030 g/mol. The van der Waals surface area contributed by atoms with Crippen LogP contribution in [0.4, 0.5) is 0 Å². The molecular formula is C70H73NO11. The lowest BCUT2D eigenvalue weighted by atomic mass is 9.38. The highest BCUT2D eigenvalue weighted by molar-refractivity contribution is 5.99. The lowest BCUT2D eigenvalue weighted by Crippen LogP contribution is -2.64. The van der Waals surface area contributed by atoms with Gasteiger partial charge in [-0.2, -0.15) is 0 Å². The number of hydrogen-bond acceptors (Lipinski definition) is 12. The maximum Gasteiger partial charge on any atom is 0.316 e. The molecule has 13 rings (SSSR count). The topological polar surface area (TPSA) is 173 Å². The number of ether oxygens (including phenoxy) is 5. The Kier molecular flexibility index (Phi) is 14.1. The van der Waals surface area contributed by atoms with Gasteiger partial charge in [-0.1, -0.05) is 84.5 Å². The maximum atomic E-state index is 16.5. The second-order valence-electron chi connectivity index (χ2n) is 24.6. The minimum Gasteiger partial charge on any atom is -0.508 e. The minimum absolute atomic E-state index is 0.0159. The van der Waals surface area contributed by atoms with Crippen LogP contribution in [0.25, 0.3) is 28.0 Å². The fourth-order valence-electron chi connectivity index (χ4n) is 17.0. The van der Waals surface area contributed by atoms with Gasteiger partial charge in [-0.25, -0.2) is 0 Å². The summed E-state index contributed by atoms with van der Waals surface area (Å²) >= 11 is 0. The van der Waals surface area contributed by atoms with Crippen LogP contribution in [-0.4, -0.2) is 85.2 Å². The zero-order valence-electron chi connectivity index (χ0n) is 47.2. The highest BCUT2D eigenvalue weighted by Gasteiger charge is 2.67. The summed E-state index contributed by atoms with van der Waals surface area (Å²) < 4.78 is 31.6. The number of fused-ring (bicyclic) bond motifs is 12. The van der Waals surface area contributed by atoms with Gasteiger partial charge in [0.25, 0.3) is 0 Å². The van der Waals surface area contributed by atoms with Crippen LogP contribution < -0.4 is 14.8 Å². The second kappa shape index (κ2) is 21.5. The lowest BCUT2D eigenvalue weighted by Gasteiger charge is -2.66. The molecule has 1 aliphatic heterocycles. The van der Waals surface area contributed by atoms with Crippen LogP contribution in [-0.2, 0) is 55.0 Å². The third-order valence-corrected chi connectivity index (χ3v) is 20.3. The zero-order valence-corrected chi connectivity index (χ0v) is 47.2. The molecule has 6 aromatic rings. The maximum absolute atomic E-state index is 16.5. The number of phenols is 3. The van der Waals surface area contributed by atoms with Crippen molar-refractivity contribution >= 4 is 28.8 Å². The first kappa shape index (κ1) is 54.0. The van der Waals surface area contributed by atoms with Gasteiger partial charge in [0.2, 0.25) is 0 Å². The van der Waals surface area contributed by atoms with E-state index < -0.39 is 35.1 Å². The van der Waals surface area contributed by atoms with E-state index in [4.69, 9.17) is 23.7 Å². The number of nitrogens with one attached hydrogen (secondary N) is 1. The van der Waals surface area contributed by atoms with Crippen LogP contribution in [0.3, 0.4) is 0 Å². The van der Waals surface area contributed by atoms with E-state index in [9.17, 15) is 25.2 Å². The lowest BCUT2D eigenvalue weighted by molar-refractivity contribution is -0.181. The van der Waals surface area contributed by atoms with Gasteiger partial charge in [0.15, 0.2) is 23.0 Å². The Hall–Kier alpha value is -7.30. The van der Waals surface area contributed by atoms with Crippen molar-refractivity contribution in [3.8, 4) is 51.7 Å². The van der Waals surface area contributed by atoms with Crippen molar-refractivity contribution in [3.05, 3.63) is 153 Å². The van der Waals surface area contributed by atoms with Gasteiger partial charge in [-0.3, -0.25) is 9.59 Å². The van der Waals surface area contributed by atoms with E-state index in [0.717, 1.165) is 80.1 Å². The number of methoxy groups -OCH3 is 3. The molecule has 0 amide bonds. The van der Waals surface area contributed by atoms with Crippen molar-refractivity contribution in [2.45, 2.75) is 120 Å². The number of hydrogen-bond donors (Lipinski definition) is 5. The van der Waals surface area contributed by atoms with E-state index >= 15 is 4.79 Å². The van der Waals surface area contributed by atoms with E-state index in [0.29, 0.717) is 76.1 Å². The highest BCUT2D eigenvalue weighted by atomic mass is 16.6. The molecule has 12 heteroatoms. The van der Waals surface area contributed by atoms with Gasteiger partial charge in [0.05, 0.1) is 38.3 Å². The summed E-state index contributed by atoms with van der Waals surface area (Å²) in [7, 11) is 4.80. The van der Waals surface area contributed by atoms with Gasteiger partial charge >= 0.3 is 11.9 Å². The first-order chi connectivity index (χ1) is 39.8. The summed E-state index contributed by atoms with van der Waals surface area (Å²) in [5, 5.41) is 52.8. The Morgan fingerprint density at radius 3 is 2.43 bits per heavy atom. The van der Waals surface area contributed by atoms with Gasteiger partial charge in [0, 0.05) is 50.8 Å². The Balaban J connectivity index is 1.01. The predicted octanol–water partition coefficient (Wildman–Crippen LogP) is 11.4. The number of carbonyl (C=O) groups is 2. The molecule has 5 N–H and O–H groups in total. The molecule has 6 aromatic carbocycles. The van der Waals surface area contributed by atoms with Crippen LogP contribution in [0.15, 0.2) is 109 Å². The van der Waals surface area contributed by atoms with E-state index in [1.807, 2.05) is 42.5 Å². The molecule has 0 radical (unpaired) electrons. The second-order valence-corrected chi connectivity index (χ2v) is 24.6. The average molecular weight is 1100 g/mol. The number of rotatable bonds is 8. The van der Waals surface area contributed by atoms with Crippen molar-refractivity contribution in [2.24, 2.45) is 35.0 Å². The largest absolute Gasteiger partial charge is 0.508 e. The van der Waals surface area contributed by atoms with Crippen LogP contribution in [0.5, 0.6) is 28.7 Å². The summed E-state index contributed by atoms with van der Waals surface area (Å²) in [6.45, 7) is 3.14. The Morgan fingerprint density at radius 1 is 0.780 bits per heavy atom. The molecule has 12 unspecified atom stereocenters. The molecule has 3 fully saturated rings. The van der Waals surface area contributed by atoms with Gasteiger partial charge in [0.1, 0.15) is 18.0 Å². The number of aliphatic hydroxyl groups excluding tert-OH is 1. The highest BCUT2D eigenvalue weighted by Crippen LogP contribution is 2.72. The molecule has 7 aliphatic rings. The number of esters is 2. The normalized spacial score (nSPS) is 29.6. The molecule has 0 spiro atoms. The van der Waals surface area contributed by atoms with Crippen molar-refractivity contribution in [2.75, 3.05) is 34.5 Å². The molecule has 6 bridgehead atoms. The summed E-state index contributed by atoms with van der Waals surface area (Å²) in [5.41, 5.74) is 9.18. The Labute approximate surface area is 479 Å². The molecule has 12 atom stereocenters. The zero-order chi connectivity index (χ0) is 56.6. The summed E-state index contributed by atoms with van der Waals surface area (Å²) in [4.78, 5) is 30.4. The van der Waals surface area contributed by atoms with Gasteiger partial charge < -0.3 is 49.4 Å². The van der Waals surface area contributed by atoms with Gasteiger partial charge in [-0.05, 0) is 196 Å². The fourth-order valence-corrected chi connectivity index (χ4v) is 17.0. The molecule has 82 heavy (non-hydrogen) atoms. The van der Waals surface area contributed by atoms with E-state index in [-0.39, 0.29) is 71.1 Å². The van der Waals surface area contributed by atoms with Crippen molar-refractivity contribution in [1.82, 2.24) is 5.32 Å². The van der Waals surface area contributed by atoms with Crippen LogP contribution >= 0.6 is 0 Å². The third-order valence-electron chi connectivity index (χ3n) is 20.3. The molecule has 3 saturated carbocycles. The van der Waals surface area contributed by atoms with E-state index in [1.165, 1.54) is 18.1 Å². The Morgan fingerprint density at radius 2 is 1.60 bits per heavy atom. The SMILES string of the molecule is COCC1C#CC2CCCC(C(=O)OC3CC(OC(C)=O)C4Cc5cc(OC)c(O)cc5C5CC(O)C6Cc7cc(O)c(OC)cc7C(C3)C6C54C3=Cc4ccccc4CC3)(C2)c2ccc3cc(O)cc(c3c2)-c2cccc(c2)CNC1. The Bertz CT molecular complexity index is 3610. The van der Waals surface area contributed by atoms with Gasteiger partial charge in [-0.15, -0.1) is 0 Å². The minimum atomic E-state index is -1.16. The van der Waals surface area contributed by atoms with Crippen molar-refractivity contribution in [1.29, 1.82) is 0 Å². The smallest absolute Gasteiger partial charge is 0.316 e. The molecule has 424 valence electrons. The van der Waals surface area contributed by atoms with Crippen molar-refractivity contribution < 1.29 is 53.7 Å². The fraction of sp³-hybridized carbons (Fsp3) is 0.429. The van der Waals surface area contributed by atoms with Crippen molar-refractivity contribution in [3.63, 3.8) is 0 Å². The number of aliphatic hydroxyl groups is 1. The molecule has 6 aliphatic carbocycles. The summed E-state index contributed by atoms with van der Waals surface area (Å²) in [6.07, 6.45) is 5.83. The molecule has 12 nitrogen and oxygen atoms in total. The standard InChI is InChI=1S/C70H73NO11/c1-39(72)81-64-31-52(82-68(77)69-20-8-10-40(35-69)14-15-42(38-78-2)37-71-36-41-9-7-13-45(21-41)54-29-51(73)23-46-17-18-49(69)28-53(46)54)30-57-55-33-66(80-4)62(75)26-47(55)24-58-61(74)34-59-56-32-63(76)65(79-3)27-48(56)25-60(64)70(59,67(57)58)50-19-16-43-11-5-6-12-44(43)22-50/h5-7,9,11-13,17-18,21-23,26-29,32-33,40,42,52,57-61,64,67,71,73-76H,8,10,16,19-20,24-25,30-31,34-38H2,1-4H3. The third kappa shape index (κ3) is 9.19. The summed E-state index contributed by atoms with van der Waals surface area (Å²) in [6, 6.07) is 34.1. The number of aryl methyl sites for hydroxylation is 1. The van der Waals surface area contributed by atoms with Crippen LogP contribution in [0.1, 0.15) is 115 Å². The molecule has 0 saturated heterocycles. The number of phenolic OH excluding ortho intramolecular Hbond substituents is 3. The number of aromatic hydroxyl groups is 3. The first-order valence-electron chi connectivity index (χ1n) is 29.5. The van der Waals surface area contributed by atoms with E-state index in [1.54, 1.807) is 33.5 Å². The molecule has 1 heterocycles. The number of benzene rings is 6. The number of allylic oxidation sites excluding steroid dienone is 1. The molecule has 0 aromatic heterocycles. The first-order valence-corrected chi connectivity index (χ1v) is 29.5. The quantitative estimate of drug-likeness (QED) is 0.0722. The van der Waals surface area contributed by atoms with Crippen LogP contribution in [0, 0.1) is 46.8 Å². The monoisotopic (exact) mass is 1100 g/mol. The van der Waals surface area contributed by atoms with E-state index in [2.05, 4.69) is 71.8 Å². The summed E-state index contributed by atoms with van der Waals surface area (Å²) in [5.74, 6) is 5.34. The number of carbonyl (C=O) groups excluding carboxylic acids is 2.